The predicted molar refractivity (Wildman–Crippen MR) is 115 cm³/mol. The van der Waals surface area contributed by atoms with Crippen molar-refractivity contribution < 1.29 is 18.3 Å². The zero-order valence-electron chi connectivity index (χ0n) is 17.8. The molecule has 2 fully saturated rings. The molecule has 0 N–H and O–H groups in total. The highest BCUT2D eigenvalue weighted by molar-refractivity contribution is 5.81. The van der Waals surface area contributed by atoms with E-state index in [1.807, 2.05) is 9.47 Å². The predicted octanol–water partition coefficient (Wildman–Crippen LogP) is 4.16. The Kier molecular flexibility index (Phi) is 5.36. The summed E-state index contributed by atoms with van der Waals surface area (Å²) in [5.41, 5.74) is 1.45. The molecule has 32 heavy (non-hydrogen) atoms. The summed E-state index contributed by atoms with van der Waals surface area (Å²) >= 11 is 0. The van der Waals surface area contributed by atoms with E-state index in [4.69, 9.17) is 4.74 Å². The summed E-state index contributed by atoms with van der Waals surface area (Å²) in [6.07, 6.45) is 4.54. The van der Waals surface area contributed by atoms with Gasteiger partial charge < -0.3 is 14.2 Å². The van der Waals surface area contributed by atoms with Crippen molar-refractivity contribution in [3.05, 3.63) is 54.4 Å². The molecular weight excluding hydrogens is 414 g/mol. The van der Waals surface area contributed by atoms with Crippen LogP contribution in [0.1, 0.15) is 19.3 Å². The number of carbonyl (C=O) groups is 1. The molecule has 1 saturated heterocycles. The molecule has 1 aromatic heterocycles. The average molecular weight is 438 g/mol. The van der Waals surface area contributed by atoms with Gasteiger partial charge in [0.15, 0.2) is 17.4 Å². The minimum Gasteiger partial charge on any atom is -0.494 e. The topological polar surface area (TPSA) is 60.3 Å². The van der Waals surface area contributed by atoms with E-state index in [2.05, 4.69) is 10.2 Å². The monoisotopic (exact) mass is 438 g/mol. The Hall–Kier alpha value is -3.29. The number of methoxy groups -OCH3 is 1. The Bertz CT molecular complexity index is 1160. The number of nitrogens with zero attached hydrogens (tertiary/aromatic N) is 4. The number of hydrogen-bond donors (Lipinski definition) is 0. The minimum absolute atomic E-state index is 0.142. The van der Waals surface area contributed by atoms with Crippen molar-refractivity contribution in [1.82, 2.24) is 19.7 Å². The molecular formula is C24H24F2N4O2. The van der Waals surface area contributed by atoms with Crippen molar-refractivity contribution in [2.24, 2.45) is 11.8 Å². The first-order valence-corrected chi connectivity index (χ1v) is 10.8. The zero-order valence-corrected chi connectivity index (χ0v) is 17.8. The van der Waals surface area contributed by atoms with Crippen LogP contribution < -0.4 is 4.74 Å². The maximum absolute atomic E-state index is 15.0. The second-order valence-electron chi connectivity index (χ2n) is 8.56. The summed E-state index contributed by atoms with van der Waals surface area (Å²) in [4.78, 5) is 14.3. The number of benzene rings is 2. The Morgan fingerprint density at radius 3 is 2.53 bits per heavy atom. The third-order valence-electron chi connectivity index (χ3n) is 6.29. The lowest BCUT2D eigenvalue weighted by molar-refractivity contribution is -0.131. The molecule has 6 nitrogen and oxygen atoms in total. The van der Waals surface area contributed by atoms with Crippen LogP contribution in [0.2, 0.25) is 0 Å². The molecule has 0 spiro atoms. The van der Waals surface area contributed by atoms with Crippen molar-refractivity contribution in [3.63, 3.8) is 0 Å². The van der Waals surface area contributed by atoms with Crippen LogP contribution in [-0.2, 0) is 11.3 Å². The molecule has 5 rings (SSSR count). The molecule has 0 bridgehead atoms. The first kappa shape index (κ1) is 20.6. The van der Waals surface area contributed by atoms with E-state index in [1.165, 1.54) is 25.3 Å². The highest BCUT2D eigenvalue weighted by Gasteiger charge is 2.36. The number of aromatic nitrogens is 3. The SMILES string of the molecule is COc1ccc(-c2ccc(-c3nncn3CC3CCN(C(=O)C4CC4)C3)c(F)c2)cc1F. The van der Waals surface area contributed by atoms with Crippen LogP contribution in [0, 0.1) is 23.5 Å². The first-order valence-electron chi connectivity index (χ1n) is 10.8. The lowest BCUT2D eigenvalue weighted by Crippen LogP contribution is -2.30. The van der Waals surface area contributed by atoms with Gasteiger partial charge in [-0.3, -0.25) is 4.79 Å². The lowest BCUT2D eigenvalue weighted by Gasteiger charge is -2.17. The largest absolute Gasteiger partial charge is 0.494 e. The summed E-state index contributed by atoms with van der Waals surface area (Å²) < 4.78 is 35.9. The highest BCUT2D eigenvalue weighted by Crippen LogP contribution is 2.34. The molecule has 0 radical (unpaired) electrons. The average Bonchev–Trinajstić information content (AvgIpc) is 3.38. The molecule has 1 aliphatic carbocycles. The van der Waals surface area contributed by atoms with Crippen LogP contribution in [0.25, 0.3) is 22.5 Å². The first-order chi connectivity index (χ1) is 15.5. The second kappa shape index (κ2) is 8.33. The van der Waals surface area contributed by atoms with E-state index in [9.17, 15) is 9.18 Å². The van der Waals surface area contributed by atoms with Gasteiger partial charge in [0, 0.05) is 25.6 Å². The maximum atomic E-state index is 15.0. The normalized spacial score (nSPS) is 18.2. The van der Waals surface area contributed by atoms with Gasteiger partial charge in [-0.2, -0.15) is 0 Å². The third kappa shape index (κ3) is 3.97. The van der Waals surface area contributed by atoms with E-state index in [0.29, 0.717) is 29.1 Å². The Morgan fingerprint density at radius 1 is 1.09 bits per heavy atom. The molecule has 1 atom stereocenters. The van der Waals surface area contributed by atoms with E-state index < -0.39 is 11.6 Å². The fraction of sp³-hybridized carbons (Fsp3) is 0.375. The number of ether oxygens (including phenoxy) is 1. The number of hydrogen-bond acceptors (Lipinski definition) is 4. The van der Waals surface area contributed by atoms with Crippen LogP contribution in [0.4, 0.5) is 8.78 Å². The fourth-order valence-corrected chi connectivity index (χ4v) is 4.37. The van der Waals surface area contributed by atoms with E-state index in [1.54, 1.807) is 24.5 Å². The number of amides is 1. The molecule has 1 saturated carbocycles. The van der Waals surface area contributed by atoms with Crippen molar-refractivity contribution in [2.75, 3.05) is 20.2 Å². The van der Waals surface area contributed by atoms with E-state index >= 15 is 4.39 Å². The van der Waals surface area contributed by atoms with Gasteiger partial charge in [-0.05, 0) is 60.6 Å². The van der Waals surface area contributed by atoms with Gasteiger partial charge in [0.1, 0.15) is 12.1 Å². The summed E-state index contributed by atoms with van der Waals surface area (Å²) in [5.74, 6) is 0.422. The van der Waals surface area contributed by atoms with E-state index in [-0.39, 0.29) is 23.5 Å². The summed E-state index contributed by atoms with van der Waals surface area (Å²) in [6.45, 7) is 2.12. The standard InChI is InChI=1S/C24H24F2N4O2/c1-32-22-7-5-18(11-21(22)26)17-4-6-19(20(25)10-17)23-28-27-14-30(23)13-15-8-9-29(12-15)24(31)16-2-3-16/h4-7,10-11,14-16H,2-3,8-9,12-13H2,1H3. The summed E-state index contributed by atoms with van der Waals surface area (Å²) in [6, 6.07) is 9.29. The van der Waals surface area contributed by atoms with Gasteiger partial charge in [0.05, 0.1) is 12.7 Å². The van der Waals surface area contributed by atoms with Gasteiger partial charge in [0.2, 0.25) is 5.91 Å². The smallest absolute Gasteiger partial charge is 0.225 e. The van der Waals surface area contributed by atoms with Crippen molar-refractivity contribution in [1.29, 1.82) is 0 Å². The van der Waals surface area contributed by atoms with Gasteiger partial charge in [0.25, 0.3) is 0 Å². The van der Waals surface area contributed by atoms with Crippen LogP contribution in [0.3, 0.4) is 0 Å². The van der Waals surface area contributed by atoms with Gasteiger partial charge in [-0.25, -0.2) is 8.78 Å². The molecule has 2 heterocycles. The minimum atomic E-state index is -0.500. The van der Waals surface area contributed by atoms with E-state index in [0.717, 1.165) is 32.4 Å². The molecule has 1 unspecified atom stereocenters. The van der Waals surface area contributed by atoms with Gasteiger partial charge in [-0.1, -0.05) is 12.1 Å². The number of carbonyl (C=O) groups excluding carboxylic acids is 1. The maximum Gasteiger partial charge on any atom is 0.225 e. The van der Waals surface area contributed by atoms with Crippen LogP contribution in [0.5, 0.6) is 5.75 Å². The molecule has 1 aliphatic heterocycles. The summed E-state index contributed by atoms with van der Waals surface area (Å²) in [5, 5.41) is 8.12. The van der Waals surface area contributed by atoms with Gasteiger partial charge in [-0.15, -0.1) is 10.2 Å². The van der Waals surface area contributed by atoms with Crippen LogP contribution >= 0.6 is 0 Å². The number of likely N-dealkylation sites (tertiary alicyclic amines) is 1. The molecule has 166 valence electrons. The Labute approximate surface area is 184 Å². The highest BCUT2D eigenvalue weighted by atomic mass is 19.1. The molecule has 1 amide bonds. The van der Waals surface area contributed by atoms with Gasteiger partial charge >= 0.3 is 0 Å². The van der Waals surface area contributed by atoms with Crippen LogP contribution in [-0.4, -0.2) is 45.8 Å². The fourth-order valence-electron chi connectivity index (χ4n) is 4.37. The lowest BCUT2D eigenvalue weighted by atomic mass is 10.0. The number of halogens is 2. The third-order valence-corrected chi connectivity index (χ3v) is 6.29. The van der Waals surface area contributed by atoms with Crippen molar-refractivity contribution in [3.8, 4) is 28.3 Å². The summed E-state index contributed by atoms with van der Waals surface area (Å²) in [7, 11) is 1.40. The molecule has 3 aromatic rings. The Morgan fingerprint density at radius 2 is 1.84 bits per heavy atom. The molecule has 2 aromatic carbocycles. The zero-order chi connectivity index (χ0) is 22.2. The van der Waals surface area contributed by atoms with Crippen molar-refractivity contribution in [2.45, 2.75) is 25.8 Å². The van der Waals surface area contributed by atoms with Crippen molar-refractivity contribution >= 4 is 5.91 Å². The Balaban J connectivity index is 1.33. The van der Waals surface area contributed by atoms with Crippen LogP contribution in [0.15, 0.2) is 42.7 Å². The molecule has 2 aliphatic rings. The quantitative estimate of drug-likeness (QED) is 0.580. The molecule has 8 heteroatoms. The second-order valence-corrected chi connectivity index (χ2v) is 8.56. The number of rotatable bonds is 6.